The Balaban J connectivity index is 1.65. The highest BCUT2D eigenvalue weighted by Crippen LogP contribution is 2.15. The number of thioether (sulfide) groups is 1. The number of thiocarbonyl (C=S) groups is 1. The molecule has 0 fully saturated rings. The Hall–Kier alpha value is -1.59. The van der Waals surface area contributed by atoms with Crippen LogP contribution in [0.4, 0.5) is 10.1 Å². The third-order valence-corrected chi connectivity index (χ3v) is 4.39. The van der Waals surface area contributed by atoms with Gasteiger partial charge < -0.3 is 10.6 Å². The number of hydrogen-bond acceptors (Lipinski definition) is 2. The quantitative estimate of drug-likeness (QED) is 0.606. The molecule has 0 saturated carbocycles. The highest BCUT2D eigenvalue weighted by Gasteiger charge is 2.02. The van der Waals surface area contributed by atoms with Crippen LogP contribution in [0, 0.1) is 12.7 Å². The summed E-state index contributed by atoms with van der Waals surface area (Å²) in [5, 5.41) is 6.96. The molecule has 0 radical (unpaired) electrons. The Labute approximate surface area is 140 Å². The van der Waals surface area contributed by atoms with Gasteiger partial charge in [-0.3, -0.25) is 0 Å². The van der Waals surface area contributed by atoms with E-state index in [0.29, 0.717) is 10.9 Å². The van der Waals surface area contributed by atoms with Crippen molar-refractivity contribution in [3.05, 3.63) is 65.5 Å². The standard InChI is InChI=1S/C17H19FN2S2/c1-13-6-2-5-9-16(13)20-17(21)19-10-11-22-12-14-7-3-4-8-15(14)18/h2-9H,10-12H2,1H3,(H2,19,20,21). The highest BCUT2D eigenvalue weighted by molar-refractivity contribution is 7.98. The average Bonchev–Trinajstić information content (AvgIpc) is 2.51. The third-order valence-electron chi connectivity index (χ3n) is 3.14. The molecule has 0 bridgehead atoms. The normalized spacial score (nSPS) is 10.3. The van der Waals surface area contributed by atoms with Gasteiger partial charge in [0.2, 0.25) is 0 Å². The predicted molar refractivity (Wildman–Crippen MR) is 98.0 cm³/mol. The minimum Gasteiger partial charge on any atom is -0.362 e. The fourth-order valence-corrected chi connectivity index (χ4v) is 2.97. The number of benzene rings is 2. The summed E-state index contributed by atoms with van der Waals surface area (Å²) in [6.07, 6.45) is 0. The van der Waals surface area contributed by atoms with Crippen LogP contribution in [-0.2, 0) is 5.75 Å². The second kappa shape index (κ2) is 8.76. The molecule has 2 N–H and O–H groups in total. The van der Waals surface area contributed by atoms with E-state index in [4.69, 9.17) is 12.2 Å². The summed E-state index contributed by atoms with van der Waals surface area (Å²) in [5.41, 5.74) is 2.91. The Morgan fingerprint density at radius 1 is 1.14 bits per heavy atom. The molecule has 116 valence electrons. The van der Waals surface area contributed by atoms with Crippen molar-refractivity contribution in [2.75, 3.05) is 17.6 Å². The summed E-state index contributed by atoms with van der Waals surface area (Å²) in [6, 6.07) is 14.9. The average molecular weight is 334 g/mol. The molecule has 2 aromatic carbocycles. The molecule has 2 rings (SSSR count). The molecular formula is C17H19FN2S2. The van der Waals surface area contributed by atoms with Gasteiger partial charge in [0.25, 0.3) is 0 Å². The van der Waals surface area contributed by atoms with Crippen LogP contribution < -0.4 is 10.6 Å². The van der Waals surface area contributed by atoms with Gasteiger partial charge in [0.1, 0.15) is 5.82 Å². The SMILES string of the molecule is Cc1ccccc1NC(=S)NCCSCc1ccccc1F. The van der Waals surface area contributed by atoms with E-state index in [0.717, 1.165) is 29.1 Å². The van der Waals surface area contributed by atoms with Crippen molar-refractivity contribution in [1.29, 1.82) is 0 Å². The topological polar surface area (TPSA) is 24.1 Å². The van der Waals surface area contributed by atoms with Gasteiger partial charge in [-0.05, 0) is 42.4 Å². The lowest BCUT2D eigenvalue weighted by Gasteiger charge is -2.12. The van der Waals surface area contributed by atoms with Crippen molar-refractivity contribution in [3.63, 3.8) is 0 Å². The van der Waals surface area contributed by atoms with Crippen molar-refractivity contribution in [3.8, 4) is 0 Å². The van der Waals surface area contributed by atoms with Crippen molar-refractivity contribution in [2.45, 2.75) is 12.7 Å². The number of halogens is 1. The summed E-state index contributed by atoms with van der Waals surface area (Å²) >= 11 is 6.95. The van der Waals surface area contributed by atoms with Crippen molar-refractivity contribution in [2.24, 2.45) is 0 Å². The molecule has 0 heterocycles. The lowest BCUT2D eigenvalue weighted by atomic mass is 10.2. The third kappa shape index (κ3) is 5.31. The Bertz CT molecular complexity index is 632. The fourth-order valence-electron chi connectivity index (χ4n) is 1.91. The summed E-state index contributed by atoms with van der Waals surface area (Å²) < 4.78 is 13.4. The van der Waals surface area contributed by atoms with Gasteiger partial charge in [-0.1, -0.05) is 36.4 Å². The number of para-hydroxylation sites is 1. The van der Waals surface area contributed by atoms with Crippen molar-refractivity contribution in [1.82, 2.24) is 5.32 Å². The first-order valence-electron chi connectivity index (χ1n) is 7.08. The largest absolute Gasteiger partial charge is 0.362 e. The van der Waals surface area contributed by atoms with E-state index >= 15 is 0 Å². The minimum absolute atomic E-state index is 0.139. The first-order chi connectivity index (χ1) is 10.7. The molecule has 0 saturated heterocycles. The Morgan fingerprint density at radius 2 is 1.86 bits per heavy atom. The van der Waals surface area contributed by atoms with E-state index in [-0.39, 0.29) is 5.82 Å². The zero-order valence-electron chi connectivity index (χ0n) is 12.4. The minimum atomic E-state index is -0.139. The maximum absolute atomic E-state index is 13.4. The first kappa shape index (κ1) is 16.8. The van der Waals surface area contributed by atoms with E-state index in [1.165, 1.54) is 6.07 Å². The molecule has 2 aromatic rings. The van der Waals surface area contributed by atoms with Crippen LogP contribution in [-0.4, -0.2) is 17.4 Å². The molecule has 2 nitrogen and oxygen atoms in total. The second-order valence-electron chi connectivity index (χ2n) is 4.84. The van der Waals surface area contributed by atoms with Gasteiger partial charge in [-0.2, -0.15) is 11.8 Å². The molecule has 5 heteroatoms. The molecule has 0 atom stereocenters. The lowest BCUT2D eigenvalue weighted by Crippen LogP contribution is -2.30. The van der Waals surface area contributed by atoms with E-state index < -0.39 is 0 Å². The number of rotatable bonds is 6. The van der Waals surface area contributed by atoms with E-state index in [1.807, 2.05) is 43.3 Å². The molecule has 22 heavy (non-hydrogen) atoms. The maximum atomic E-state index is 13.4. The summed E-state index contributed by atoms with van der Waals surface area (Å²) in [5.74, 6) is 1.40. The van der Waals surface area contributed by atoms with Crippen LogP contribution in [0.5, 0.6) is 0 Å². The van der Waals surface area contributed by atoms with E-state index in [9.17, 15) is 4.39 Å². The van der Waals surface area contributed by atoms with Gasteiger partial charge in [-0.15, -0.1) is 0 Å². The van der Waals surface area contributed by atoms with Gasteiger partial charge in [-0.25, -0.2) is 4.39 Å². The van der Waals surface area contributed by atoms with Crippen LogP contribution in [0.15, 0.2) is 48.5 Å². The first-order valence-corrected chi connectivity index (χ1v) is 8.65. The smallest absolute Gasteiger partial charge is 0.170 e. The van der Waals surface area contributed by atoms with E-state index in [2.05, 4.69) is 10.6 Å². The number of anilines is 1. The van der Waals surface area contributed by atoms with Crippen LogP contribution in [0.25, 0.3) is 0 Å². The predicted octanol–water partition coefficient (Wildman–Crippen LogP) is 4.35. The van der Waals surface area contributed by atoms with Crippen LogP contribution in [0.3, 0.4) is 0 Å². The van der Waals surface area contributed by atoms with E-state index in [1.54, 1.807) is 17.8 Å². The zero-order chi connectivity index (χ0) is 15.8. The molecule has 0 aliphatic carbocycles. The lowest BCUT2D eigenvalue weighted by molar-refractivity contribution is 0.617. The van der Waals surface area contributed by atoms with Gasteiger partial charge >= 0.3 is 0 Å². The Kier molecular flexibility index (Phi) is 6.68. The molecular weight excluding hydrogens is 315 g/mol. The fraction of sp³-hybridized carbons (Fsp3) is 0.235. The highest BCUT2D eigenvalue weighted by atomic mass is 32.2. The van der Waals surface area contributed by atoms with Crippen LogP contribution >= 0.6 is 24.0 Å². The van der Waals surface area contributed by atoms with Gasteiger partial charge in [0.15, 0.2) is 5.11 Å². The monoisotopic (exact) mass is 334 g/mol. The van der Waals surface area contributed by atoms with Gasteiger partial charge in [0.05, 0.1) is 0 Å². The second-order valence-corrected chi connectivity index (χ2v) is 6.35. The Morgan fingerprint density at radius 3 is 2.64 bits per heavy atom. The number of nitrogens with one attached hydrogen (secondary N) is 2. The molecule has 0 amide bonds. The van der Waals surface area contributed by atoms with Crippen LogP contribution in [0.2, 0.25) is 0 Å². The maximum Gasteiger partial charge on any atom is 0.170 e. The molecule has 0 spiro atoms. The molecule has 0 aliphatic rings. The van der Waals surface area contributed by atoms with Crippen molar-refractivity contribution < 1.29 is 4.39 Å². The number of hydrogen-bond donors (Lipinski definition) is 2. The number of aryl methyl sites for hydroxylation is 1. The van der Waals surface area contributed by atoms with Gasteiger partial charge in [0, 0.05) is 23.7 Å². The molecule has 0 unspecified atom stereocenters. The molecule has 0 aliphatic heterocycles. The van der Waals surface area contributed by atoms with Crippen LogP contribution in [0.1, 0.15) is 11.1 Å². The summed E-state index contributed by atoms with van der Waals surface area (Å²) in [7, 11) is 0. The zero-order valence-corrected chi connectivity index (χ0v) is 14.1. The summed E-state index contributed by atoms with van der Waals surface area (Å²) in [6.45, 7) is 2.78. The molecule has 0 aromatic heterocycles. The summed E-state index contributed by atoms with van der Waals surface area (Å²) in [4.78, 5) is 0. The van der Waals surface area contributed by atoms with Crippen molar-refractivity contribution >= 4 is 34.8 Å².